The van der Waals surface area contributed by atoms with E-state index in [9.17, 15) is 4.79 Å². The third-order valence-electron chi connectivity index (χ3n) is 4.04. The lowest BCUT2D eigenvalue weighted by molar-refractivity contribution is -0.132. The molecule has 0 aromatic heterocycles. The summed E-state index contributed by atoms with van der Waals surface area (Å²) in [4.78, 5) is 16.4. The molecule has 1 amide bonds. The summed E-state index contributed by atoms with van der Waals surface area (Å²) in [5, 5.41) is 3.11. The maximum atomic E-state index is 12.1. The first-order valence-electron chi connectivity index (χ1n) is 8.03. The van der Waals surface area contributed by atoms with Crippen molar-refractivity contribution < 1.29 is 9.53 Å². The van der Waals surface area contributed by atoms with Crippen molar-refractivity contribution in [3.05, 3.63) is 35.9 Å². The van der Waals surface area contributed by atoms with Crippen molar-refractivity contribution >= 4 is 5.91 Å². The normalized spacial score (nSPS) is 16.0. The van der Waals surface area contributed by atoms with Crippen LogP contribution in [0.15, 0.2) is 30.3 Å². The maximum Gasteiger partial charge on any atom is 0.236 e. The SMILES string of the molecule is COCCNCC(=O)N1CCN(CCc2ccccc2)CC1. The van der Waals surface area contributed by atoms with Gasteiger partial charge in [-0.05, 0) is 12.0 Å². The Hall–Kier alpha value is -1.43. The third kappa shape index (κ3) is 5.75. The molecule has 0 saturated carbocycles. The molecular weight excluding hydrogens is 278 g/mol. The first-order valence-corrected chi connectivity index (χ1v) is 8.03. The van der Waals surface area contributed by atoms with Crippen LogP contribution in [-0.2, 0) is 16.0 Å². The molecule has 0 unspecified atom stereocenters. The number of piperazine rings is 1. The number of rotatable bonds is 8. The van der Waals surface area contributed by atoms with Crippen LogP contribution in [0.3, 0.4) is 0 Å². The molecule has 5 heteroatoms. The van der Waals surface area contributed by atoms with E-state index in [-0.39, 0.29) is 5.91 Å². The Morgan fingerprint density at radius 2 is 1.91 bits per heavy atom. The highest BCUT2D eigenvalue weighted by Crippen LogP contribution is 2.05. The fraction of sp³-hybridized carbons (Fsp3) is 0.588. The van der Waals surface area contributed by atoms with Gasteiger partial charge in [0, 0.05) is 46.4 Å². The maximum absolute atomic E-state index is 12.1. The number of carbonyl (C=O) groups is 1. The molecule has 22 heavy (non-hydrogen) atoms. The molecule has 1 aliphatic heterocycles. The van der Waals surface area contributed by atoms with Crippen molar-refractivity contribution in [2.45, 2.75) is 6.42 Å². The van der Waals surface area contributed by atoms with Crippen LogP contribution in [0.4, 0.5) is 0 Å². The van der Waals surface area contributed by atoms with Crippen LogP contribution < -0.4 is 5.32 Å². The largest absolute Gasteiger partial charge is 0.383 e. The van der Waals surface area contributed by atoms with E-state index in [1.54, 1.807) is 7.11 Å². The lowest BCUT2D eigenvalue weighted by Gasteiger charge is -2.34. The van der Waals surface area contributed by atoms with Crippen LogP contribution >= 0.6 is 0 Å². The monoisotopic (exact) mass is 305 g/mol. The van der Waals surface area contributed by atoms with Crippen molar-refractivity contribution in [1.29, 1.82) is 0 Å². The highest BCUT2D eigenvalue weighted by atomic mass is 16.5. The van der Waals surface area contributed by atoms with Crippen LogP contribution in [-0.4, -0.2) is 75.2 Å². The van der Waals surface area contributed by atoms with Crippen molar-refractivity contribution in [2.24, 2.45) is 0 Å². The minimum Gasteiger partial charge on any atom is -0.383 e. The number of methoxy groups -OCH3 is 1. The summed E-state index contributed by atoms with van der Waals surface area (Å²) in [7, 11) is 1.66. The van der Waals surface area contributed by atoms with E-state index in [1.165, 1.54) is 5.56 Å². The molecule has 0 spiro atoms. The molecule has 1 aromatic rings. The summed E-state index contributed by atoms with van der Waals surface area (Å²) in [5.74, 6) is 0.193. The number of hydrogen-bond acceptors (Lipinski definition) is 4. The predicted molar refractivity (Wildman–Crippen MR) is 87.9 cm³/mol. The van der Waals surface area contributed by atoms with Gasteiger partial charge in [-0.3, -0.25) is 9.69 Å². The van der Waals surface area contributed by atoms with Crippen molar-refractivity contribution in [3.63, 3.8) is 0 Å². The highest BCUT2D eigenvalue weighted by Gasteiger charge is 2.20. The Kier molecular flexibility index (Phi) is 7.36. The first-order chi connectivity index (χ1) is 10.8. The van der Waals surface area contributed by atoms with Crippen LogP contribution in [0.1, 0.15) is 5.56 Å². The molecule has 122 valence electrons. The highest BCUT2D eigenvalue weighted by molar-refractivity contribution is 5.78. The van der Waals surface area contributed by atoms with Crippen LogP contribution in [0, 0.1) is 0 Å². The van der Waals surface area contributed by atoms with Crippen molar-refractivity contribution in [2.75, 3.05) is 59.5 Å². The Morgan fingerprint density at radius 1 is 1.18 bits per heavy atom. The molecule has 1 aliphatic rings. The van der Waals surface area contributed by atoms with E-state index in [0.717, 1.165) is 45.7 Å². The van der Waals surface area contributed by atoms with Gasteiger partial charge >= 0.3 is 0 Å². The van der Waals surface area contributed by atoms with Crippen molar-refractivity contribution in [1.82, 2.24) is 15.1 Å². The number of amides is 1. The molecule has 5 nitrogen and oxygen atoms in total. The van der Waals surface area contributed by atoms with Crippen LogP contribution in [0.2, 0.25) is 0 Å². The second-order valence-corrected chi connectivity index (χ2v) is 5.63. The Balaban J connectivity index is 1.62. The topological polar surface area (TPSA) is 44.8 Å². The smallest absolute Gasteiger partial charge is 0.236 e. The Bertz CT molecular complexity index is 431. The number of nitrogens with zero attached hydrogens (tertiary/aromatic N) is 2. The molecule has 0 bridgehead atoms. The van der Waals surface area contributed by atoms with E-state index >= 15 is 0 Å². The van der Waals surface area contributed by atoms with Crippen LogP contribution in [0.25, 0.3) is 0 Å². The predicted octanol–water partition coefficient (Wildman–Crippen LogP) is 0.609. The minimum atomic E-state index is 0.193. The van der Waals surface area contributed by atoms with E-state index in [0.29, 0.717) is 13.2 Å². The summed E-state index contributed by atoms with van der Waals surface area (Å²) in [5.41, 5.74) is 1.38. The van der Waals surface area contributed by atoms with Crippen LogP contribution in [0.5, 0.6) is 0 Å². The van der Waals surface area contributed by atoms with Gasteiger partial charge in [0.1, 0.15) is 0 Å². The van der Waals surface area contributed by atoms with Gasteiger partial charge in [0.2, 0.25) is 5.91 Å². The number of nitrogens with one attached hydrogen (secondary N) is 1. The molecule has 2 rings (SSSR count). The minimum absolute atomic E-state index is 0.193. The lowest BCUT2D eigenvalue weighted by atomic mass is 10.1. The second kappa shape index (κ2) is 9.56. The fourth-order valence-corrected chi connectivity index (χ4v) is 2.63. The van der Waals surface area contributed by atoms with E-state index in [2.05, 4.69) is 40.5 Å². The standard InChI is InChI=1S/C17H27N3O2/c1-22-14-8-18-15-17(21)20-12-10-19(11-13-20)9-7-16-5-3-2-4-6-16/h2-6,18H,7-15H2,1H3. The van der Waals surface area contributed by atoms with Gasteiger partial charge in [0.05, 0.1) is 13.2 Å². The summed E-state index contributed by atoms with van der Waals surface area (Å²) in [6.45, 7) is 6.44. The van der Waals surface area contributed by atoms with E-state index in [1.807, 2.05) is 4.90 Å². The van der Waals surface area contributed by atoms with Gasteiger partial charge in [-0.1, -0.05) is 30.3 Å². The molecular formula is C17H27N3O2. The average molecular weight is 305 g/mol. The Morgan fingerprint density at radius 3 is 2.59 bits per heavy atom. The van der Waals surface area contributed by atoms with E-state index < -0.39 is 0 Å². The van der Waals surface area contributed by atoms with Crippen molar-refractivity contribution in [3.8, 4) is 0 Å². The average Bonchev–Trinajstić information content (AvgIpc) is 2.58. The summed E-state index contributed by atoms with van der Waals surface area (Å²) >= 11 is 0. The van der Waals surface area contributed by atoms with Gasteiger partial charge < -0.3 is 15.0 Å². The molecule has 0 aliphatic carbocycles. The zero-order chi connectivity index (χ0) is 15.6. The molecule has 1 fully saturated rings. The zero-order valence-electron chi connectivity index (χ0n) is 13.5. The molecule has 0 atom stereocenters. The zero-order valence-corrected chi connectivity index (χ0v) is 13.5. The van der Waals surface area contributed by atoms with Gasteiger partial charge in [-0.2, -0.15) is 0 Å². The second-order valence-electron chi connectivity index (χ2n) is 5.63. The third-order valence-corrected chi connectivity index (χ3v) is 4.04. The molecule has 1 saturated heterocycles. The summed E-state index contributed by atoms with van der Waals surface area (Å²) < 4.78 is 4.95. The Labute approximate surface area is 133 Å². The van der Waals surface area contributed by atoms with Gasteiger partial charge in [-0.25, -0.2) is 0 Å². The van der Waals surface area contributed by atoms with Gasteiger partial charge in [-0.15, -0.1) is 0 Å². The lowest BCUT2D eigenvalue weighted by Crippen LogP contribution is -2.51. The summed E-state index contributed by atoms with van der Waals surface area (Å²) in [6.07, 6.45) is 1.08. The quantitative estimate of drug-likeness (QED) is 0.715. The molecule has 0 radical (unpaired) electrons. The number of ether oxygens (including phenoxy) is 1. The van der Waals surface area contributed by atoms with E-state index in [4.69, 9.17) is 4.74 Å². The first kappa shape index (κ1) is 16.9. The number of benzene rings is 1. The van der Waals surface area contributed by atoms with Gasteiger partial charge in [0.15, 0.2) is 0 Å². The molecule has 1 N–H and O–H groups in total. The fourth-order valence-electron chi connectivity index (χ4n) is 2.63. The molecule has 1 heterocycles. The van der Waals surface area contributed by atoms with Gasteiger partial charge in [0.25, 0.3) is 0 Å². The number of hydrogen-bond donors (Lipinski definition) is 1. The summed E-state index contributed by atoms with van der Waals surface area (Å²) in [6, 6.07) is 10.6. The number of carbonyl (C=O) groups excluding carboxylic acids is 1. The molecule has 1 aromatic carbocycles.